The summed E-state index contributed by atoms with van der Waals surface area (Å²) >= 11 is 0. The lowest BCUT2D eigenvalue weighted by molar-refractivity contribution is 0.0823. The highest BCUT2D eigenvalue weighted by Crippen LogP contribution is 2.00. The normalized spacial score (nSPS) is 9.08. The number of carbonyl (C=O) groups is 1. The van der Waals surface area contributed by atoms with Crippen molar-refractivity contribution >= 4 is 5.91 Å². The molecule has 0 saturated heterocycles. The molecule has 62 valence electrons. The molecular formula is C9H10N2O. The molecule has 0 bridgehead atoms. The highest BCUT2D eigenvalue weighted by molar-refractivity contribution is 5.94. The van der Waals surface area contributed by atoms with E-state index < -0.39 is 0 Å². The summed E-state index contributed by atoms with van der Waals surface area (Å²) in [7, 11) is 0. The average molecular weight is 162 g/mol. The van der Waals surface area contributed by atoms with Crippen LogP contribution in [0.1, 0.15) is 10.4 Å². The molecule has 1 rings (SSSR count). The van der Waals surface area contributed by atoms with Crippen LogP contribution in [-0.2, 0) is 0 Å². The Bertz CT molecular complexity index is 282. The van der Waals surface area contributed by atoms with Gasteiger partial charge >= 0.3 is 0 Å². The van der Waals surface area contributed by atoms with Crippen LogP contribution in [0.25, 0.3) is 0 Å². The minimum atomic E-state index is -0.259. The molecule has 0 spiro atoms. The van der Waals surface area contributed by atoms with E-state index in [0.717, 1.165) is 5.01 Å². The summed E-state index contributed by atoms with van der Waals surface area (Å²) in [6.07, 6.45) is 1.27. The lowest BCUT2D eigenvalue weighted by Crippen LogP contribution is -2.31. The highest BCUT2D eigenvalue weighted by atomic mass is 16.2. The topological polar surface area (TPSA) is 46.3 Å². The van der Waals surface area contributed by atoms with Crippen LogP contribution in [0, 0.1) is 0 Å². The van der Waals surface area contributed by atoms with Gasteiger partial charge in [-0.2, -0.15) is 0 Å². The number of nitrogens with two attached hydrogens (primary N) is 1. The number of carbonyl (C=O) groups excluding carboxylic acids is 1. The number of hydrazine groups is 1. The quantitative estimate of drug-likeness (QED) is 0.403. The average Bonchev–Trinajstić information content (AvgIpc) is 2.17. The van der Waals surface area contributed by atoms with Crippen molar-refractivity contribution in [3.8, 4) is 0 Å². The van der Waals surface area contributed by atoms with Crippen molar-refractivity contribution in [1.29, 1.82) is 0 Å². The van der Waals surface area contributed by atoms with E-state index in [1.54, 1.807) is 24.3 Å². The molecular weight excluding hydrogens is 152 g/mol. The molecule has 0 heterocycles. The molecule has 1 aromatic rings. The Morgan fingerprint density at radius 1 is 1.42 bits per heavy atom. The summed E-state index contributed by atoms with van der Waals surface area (Å²) in [4.78, 5) is 11.3. The number of hydrogen-bond acceptors (Lipinski definition) is 2. The van der Waals surface area contributed by atoms with Gasteiger partial charge in [-0.3, -0.25) is 9.80 Å². The number of hydrogen-bond donors (Lipinski definition) is 1. The first-order chi connectivity index (χ1) is 5.75. The maximum Gasteiger partial charge on any atom is 0.271 e. The van der Waals surface area contributed by atoms with Crippen LogP contribution in [0.3, 0.4) is 0 Å². The second kappa shape index (κ2) is 3.69. The van der Waals surface area contributed by atoms with Gasteiger partial charge in [0.2, 0.25) is 0 Å². The third-order valence-corrected chi connectivity index (χ3v) is 1.45. The lowest BCUT2D eigenvalue weighted by atomic mass is 10.2. The maximum absolute atomic E-state index is 11.3. The molecule has 0 unspecified atom stereocenters. The Balaban J connectivity index is 2.85. The van der Waals surface area contributed by atoms with E-state index in [4.69, 9.17) is 5.84 Å². The van der Waals surface area contributed by atoms with Crippen molar-refractivity contribution < 1.29 is 4.79 Å². The van der Waals surface area contributed by atoms with Gasteiger partial charge in [-0.15, -0.1) is 0 Å². The number of amides is 1. The van der Waals surface area contributed by atoms with E-state index >= 15 is 0 Å². The molecule has 2 N–H and O–H groups in total. The fourth-order valence-electron chi connectivity index (χ4n) is 0.813. The molecule has 0 aromatic heterocycles. The van der Waals surface area contributed by atoms with Crippen LogP contribution < -0.4 is 5.84 Å². The van der Waals surface area contributed by atoms with Gasteiger partial charge in [0.25, 0.3) is 5.91 Å². The zero-order valence-electron chi connectivity index (χ0n) is 6.60. The predicted molar refractivity (Wildman–Crippen MR) is 47.0 cm³/mol. The van der Waals surface area contributed by atoms with Crippen molar-refractivity contribution in [3.05, 3.63) is 48.7 Å². The van der Waals surface area contributed by atoms with E-state index in [2.05, 4.69) is 6.58 Å². The molecule has 12 heavy (non-hydrogen) atoms. The molecule has 0 fully saturated rings. The van der Waals surface area contributed by atoms with Crippen LogP contribution in [0.5, 0.6) is 0 Å². The third-order valence-electron chi connectivity index (χ3n) is 1.45. The zero-order chi connectivity index (χ0) is 8.97. The molecule has 0 radical (unpaired) electrons. The van der Waals surface area contributed by atoms with Gasteiger partial charge in [-0.05, 0) is 12.1 Å². The van der Waals surface area contributed by atoms with Gasteiger partial charge in [0, 0.05) is 11.8 Å². The molecule has 0 saturated carbocycles. The second-order valence-corrected chi connectivity index (χ2v) is 2.26. The Labute approximate surface area is 71.1 Å². The number of nitrogens with zero attached hydrogens (tertiary/aromatic N) is 1. The van der Waals surface area contributed by atoms with E-state index in [1.807, 2.05) is 6.07 Å². The Hall–Kier alpha value is -1.61. The van der Waals surface area contributed by atoms with Gasteiger partial charge in [-0.1, -0.05) is 24.8 Å². The molecule has 1 amide bonds. The van der Waals surface area contributed by atoms with E-state index in [9.17, 15) is 4.79 Å². The van der Waals surface area contributed by atoms with Crippen LogP contribution >= 0.6 is 0 Å². The van der Waals surface area contributed by atoms with Crippen LogP contribution in [0.15, 0.2) is 43.1 Å². The van der Waals surface area contributed by atoms with E-state index in [0.29, 0.717) is 5.56 Å². The summed E-state index contributed by atoms with van der Waals surface area (Å²) < 4.78 is 0. The fourth-order valence-corrected chi connectivity index (χ4v) is 0.813. The molecule has 1 aromatic carbocycles. The first-order valence-corrected chi connectivity index (χ1v) is 3.51. The third kappa shape index (κ3) is 1.71. The summed E-state index contributed by atoms with van der Waals surface area (Å²) in [6, 6.07) is 8.80. The van der Waals surface area contributed by atoms with Crippen molar-refractivity contribution in [2.75, 3.05) is 0 Å². The largest absolute Gasteiger partial charge is 0.271 e. The predicted octanol–water partition coefficient (Wildman–Crippen LogP) is 1.15. The minimum absolute atomic E-state index is 0.259. The van der Waals surface area contributed by atoms with Crippen molar-refractivity contribution in [3.63, 3.8) is 0 Å². The Morgan fingerprint density at radius 3 is 2.50 bits per heavy atom. The highest BCUT2D eigenvalue weighted by Gasteiger charge is 2.07. The summed E-state index contributed by atoms with van der Waals surface area (Å²) in [6.45, 7) is 3.39. The van der Waals surface area contributed by atoms with E-state index in [1.165, 1.54) is 6.20 Å². The first-order valence-electron chi connectivity index (χ1n) is 3.51. The van der Waals surface area contributed by atoms with Crippen LogP contribution in [0.2, 0.25) is 0 Å². The molecule has 3 heteroatoms. The summed E-state index contributed by atoms with van der Waals surface area (Å²) in [5.74, 6) is 5.06. The Morgan fingerprint density at radius 2 is 2.00 bits per heavy atom. The standard InChI is InChI=1S/C9H10N2O/c1-2-11(10)9(12)8-6-4-3-5-7-8/h2-7H,1,10H2. The summed E-state index contributed by atoms with van der Waals surface area (Å²) in [5.41, 5.74) is 0.555. The smallest absolute Gasteiger partial charge is 0.267 e. The molecule has 0 atom stereocenters. The van der Waals surface area contributed by atoms with Crippen molar-refractivity contribution in [2.24, 2.45) is 5.84 Å². The monoisotopic (exact) mass is 162 g/mol. The van der Waals surface area contributed by atoms with Crippen molar-refractivity contribution in [1.82, 2.24) is 5.01 Å². The molecule has 0 aliphatic carbocycles. The molecule has 3 nitrogen and oxygen atoms in total. The van der Waals surface area contributed by atoms with Gasteiger partial charge < -0.3 is 0 Å². The van der Waals surface area contributed by atoms with Crippen LogP contribution in [0.4, 0.5) is 0 Å². The molecule has 0 aliphatic rings. The SMILES string of the molecule is C=CN(N)C(=O)c1ccccc1. The maximum atomic E-state index is 11.3. The zero-order valence-corrected chi connectivity index (χ0v) is 6.60. The van der Waals surface area contributed by atoms with E-state index in [-0.39, 0.29) is 5.91 Å². The summed E-state index contributed by atoms with van der Waals surface area (Å²) in [5, 5.41) is 0.954. The second-order valence-electron chi connectivity index (χ2n) is 2.26. The van der Waals surface area contributed by atoms with Crippen LogP contribution in [-0.4, -0.2) is 10.9 Å². The van der Waals surface area contributed by atoms with Gasteiger partial charge in [0.15, 0.2) is 0 Å². The molecule has 0 aliphatic heterocycles. The lowest BCUT2D eigenvalue weighted by Gasteiger charge is -2.09. The van der Waals surface area contributed by atoms with Crippen molar-refractivity contribution in [2.45, 2.75) is 0 Å². The van der Waals surface area contributed by atoms with Gasteiger partial charge in [0.1, 0.15) is 0 Å². The van der Waals surface area contributed by atoms with Gasteiger partial charge in [-0.25, -0.2) is 5.84 Å². The number of rotatable bonds is 2. The van der Waals surface area contributed by atoms with Gasteiger partial charge in [0.05, 0.1) is 0 Å². The first kappa shape index (κ1) is 8.49. The number of benzene rings is 1. The Kier molecular flexibility index (Phi) is 2.61. The fraction of sp³-hybridized carbons (Fsp3) is 0. The minimum Gasteiger partial charge on any atom is -0.267 e.